The predicted octanol–water partition coefficient (Wildman–Crippen LogP) is -0.414. The van der Waals surface area contributed by atoms with Crippen molar-refractivity contribution in [3.8, 4) is 0 Å². The summed E-state index contributed by atoms with van der Waals surface area (Å²) in [5.74, 6) is -2.23. The molecule has 2 atom stereocenters. The summed E-state index contributed by atoms with van der Waals surface area (Å²) in [5.41, 5.74) is 3.40. The summed E-state index contributed by atoms with van der Waals surface area (Å²) in [4.78, 5) is 21.8. The standard InChI is InChI=1S/C6H11NO3S2/c1-3(12)4(8)6(7,2-11)5(9)10/h3,11-12H,2,7H2,1H3,(H,9,10)/t3?,6-/m1/s1. The Morgan fingerprint density at radius 3 is 2.17 bits per heavy atom. The molecule has 0 aliphatic rings. The summed E-state index contributed by atoms with van der Waals surface area (Å²) in [5, 5.41) is 7.93. The zero-order valence-corrected chi connectivity index (χ0v) is 8.31. The van der Waals surface area contributed by atoms with E-state index in [0.29, 0.717) is 0 Å². The van der Waals surface area contributed by atoms with Crippen LogP contribution in [0.4, 0.5) is 0 Å². The van der Waals surface area contributed by atoms with Gasteiger partial charge in [-0.3, -0.25) is 4.79 Å². The molecule has 70 valence electrons. The van der Waals surface area contributed by atoms with Gasteiger partial charge in [0.25, 0.3) is 0 Å². The van der Waals surface area contributed by atoms with E-state index in [9.17, 15) is 9.59 Å². The minimum Gasteiger partial charge on any atom is -0.480 e. The van der Waals surface area contributed by atoms with Gasteiger partial charge in [-0.25, -0.2) is 4.79 Å². The largest absolute Gasteiger partial charge is 0.480 e. The summed E-state index contributed by atoms with van der Waals surface area (Å²) in [6.45, 7) is 1.47. The molecule has 0 aromatic heterocycles. The first kappa shape index (κ1) is 11.8. The van der Waals surface area contributed by atoms with Crippen LogP contribution >= 0.6 is 25.3 Å². The summed E-state index contributed by atoms with van der Waals surface area (Å²) in [6, 6.07) is 0. The molecule has 0 aromatic rings. The fraction of sp³-hybridized carbons (Fsp3) is 0.667. The number of aliphatic carboxylic acids is 1. The highest BCUT2D eigenvalue weighted by Gasteiger charge is 2.42. The van der Waals surface area contributed by atoms with E-state index < -0.39 is 22.5 Å². The second-order valence-electron chi connectivity index (χ2n) is 2.47. The molecular weight excluding hydrogens is 198 g/mol. The van der Waals surface area contributed by atoms with Crippen LogP contribution in [0.5, 0.6) is 0 Å². The van der Waals surface area contributed by atoms with Gasteiger partial charge in [0.05, 0.1) is 5.25 Å². The number of Topliss-reactive ketones (excluding diaryl/α,β-unsaturated/α-hetero) is 1. The number of thiol groups is 2. The Morgan fingerprint density at radius 1 is 1.67 bits per heavy atom. The van der Waals surface area contributed by atoms with Gasteiger partial charge in [-0.05, 0) is 6.92 Å². The number of hydrogen-bond donors (Lipinski definition) is 4. The normalized spacial score (nSPS) is 18.0. The van der Waals surface area contributed by atoms with Gasteiger partial charge in [0, 0.05) is 5.75 Å². The van der Waals surface area contributed by atoms with Crippen molar-refractivity contribution in [2.45, 2.75) is 17.7 Å². The van der Waals surface area contributed by atoms with Crippen molar-refractivity contribution in [1.29, 1.82) is 0 Å². The molecule has 0 spiro atoms. The van der Waals surface area contributed by atoms with Gasteiger partial charge in [-0.2, -0.15) is 25.3 Å². The highest BCUT2D eigenvalue weighted by Crippen LogP contribution is 2.11. The van der Waals surface area contributed by atoms with Crippen molar-refractivity contribution in [3.63, 3.8) is 0 Å². The lowest BCUT2D eigenvalue weighted by Crippen LogP contribution is -2.58. The molecular formula is C6H11NO3S2. The first-order valence-corrected chi connectivity index (χ1v) is 4.36. The summed E-state index contributed by atoms with van der Waals surface area (Å²) < 4.78 is 0. The van der Waals surface area contributed by atoms with E-state index in [1.807, 2.05) is 0 Å². The molecule has 0 saturated carbocycles. The lowest BCUT2D eigenvalue weighted by molar-refractivity contribution is -0.146. The van der Waals surface area contributed by atoms with Crippen LogP contribution in [0.15, 0.2) is 0 Å². The monoisotopic (exact) mass is 209 g/mol. The first-order valence-electron chi connectivity index (χ1n) is 3.21. The highest BCUT2D eigenvalue weighted by atomic mass is 32.1. The van der Waals surface area contributed by atoms with Crippen LogP contribution in [0.25, 0.3) is 0 Å². The van der Waals surface area contributed by atoms with E-state index in [-0.39, 0.29) is 5.75 Å². The molecule has 3 N–H and O–H groups in total. The number of carboxylic acids is 1. The molecule has 0 aromatic carbocycles. The maximum Gasteiger partial charge on any atom is 0.332 e. The number of hydrogen-bond acceptors (Lipinski definition) is 5. The van der Waals surface area contributed by atoms with E-state index in [1.165, 1.54) is 6.92 Å². The Bertz CT molecular complexity index is 207. The van der Waals surface area contributed by atoms with Crippen LogP contribution in [-0.4, -0.2) is 33.4 Å². The third-order valence-corrected chi connectivity index (χ3v) is 2.18. The number of rotatable bonds is 4. The SMILES string of the molecule is CC(S)C(=O)[C@](N)(CS)C(=O)O. The Morgan fingerprint density at radius 2 is 2.08 bits per heavy atom. The summed E-state index contributed by atoms with van der Waals surface area (Å²) >= 11 is 7.52. The van der Waals surface area contributed by atoms with Gasteiger partial charge in [0.1, 0.15) is 0 Å². The van der Waals surface area contributed by atoms with Gasteiger partial charge in [-0.15, -0.1) is 0 Å². The lowest BCUT2D eigenvalue weighted by atomic mass is 9.96. The summed E-state index contributed by atoms with van der Waals surface area (Å²) in [7, 11) is 0. The Kier molecular flexibility index (Phi) is 4.09. The minimum atomic E-state index is -1.91. The molecule has 0 amide bonds. The predicted molar refractivity (Wildman–Crippen MR) is 51.9 cm³/mol. The van der Waals surface area contributed by atoms with E-state index in [0.717, 1.165) is 0 Å². The van der Waals surface area contributed by atoms with Crippen LogP contribution in [0, 0.1) is 0 Å². The molecule has 1 unspecified atom stereocenters. The van der Waals surface area contributed by atoms with Gasteiger partial charge >= 0.3 is 5.97 Å². The number of carboxylic acid groups (broad SMARTS) is 1. The second kappa shape index (κ2) is 4.15. The average molecular weight is 209 g/mol. The topological polar surface area (TPSA) is 80.4 Å². The maximum atomic E-state index is 11.2. The third kappa shape index (κ3) is 2.15. The van der Waals surface area contributed by atoms with E-state index in [4.69, 9.17) is 10.8 Å². The fourth-order valence-electron chi connectivity index (χ4n) is 0.624. The fourth-order valence-corrected chi connectivity index (χ4v) is 1.15. The molecule has 0 aliphatic carbocycles. The van der Waals surface area contributed by atoms with Crippen molar-refractivity contribution in [2.75, 3.05) is 5.75 Å². The molecule has 0 saturated heterocycles. The van der Waals surface area contributed by atoms with Crippen LogP contribution in [0.3, 0.4) is 0 Å². The minimum absolute atomic E-state index is 0.230. The molecule has 0 bridgehead atoms. The Hall–Kier alpha value is -0.200. The molecule has 6 heteroatoms. The van der Waals surface area contributed by atoms with Crippen molar-refractivity contribution in [2.24, 2.45) is 5.73 Å². The number of nitrogens with two attached hydrogens (primary N) is 1. The van der Waals surface area contributed by atoms with E-state index in [2.05, 4.69) is 25.3 Å². The van der Waals surface area contributed by atoms with Crippen LogP contribution in [0.2, 0.25) is 0 Å². The molecule has 4 nitrogen and oxygen atoms in total. The lowest BCUT2D eigenvalue weighted by Gasteiger charge is -2.22. The van der Waals surface area contributed by atoms with E-state index >= 15 is 0 Å². The second-order valence-corrected chi connectivity index (χ2v) is 3.57. The molecule has 0 aliphatic heterocycles. The number of carbonyl (C=O) groups excluding carboxylic acids is 1. The number of ketones is 1. The van der Waals surface area contributed by atoms with Gasteiger partial charge in [0.2, 0.25) is 0 Å². The zero-order valence-electron chi connectivity index (χ0n) is 6.52. The highest BCUT2D eigenvalue weighted by molar-refractivity contribution is 7.82. The van der Waals surface area contributed by atoms with Gasteiger partial charge < -0.3 is 10.8 Å². The van der Waals surface area contributed by atoms with Gasteiger partial charge in [0.15, 0.2) is 11.3 Å². The van der Waals surface area contributed by atoms with Gasteiger partial charge in [-0.1, -0.05) is 0 Å². The average Bonchev–Trinajstić information content (AvgIpc) is 2.01. The maximum absolute atomic E-state index is 11.2. The Balaban J connectivity index is 4.76. The molecule has 0 rings (SSSR count). The van der Waals surface area contributed by atoms with Crippen LogP contribution in [-0.2, 0) is 9.59 Å². The summed E-state index contributed by atoms with van der Waals surface area (Å²) in [6.07, 6.45) is 0. The van der Waals surface area contributed by atoms with Crippen molar-refractivity contribution in [1.82, 2.24) is 0 Å². The van der Waals surface area contributed by atoms with E-state index in [1.54, 1.807) is 0 Å². The molecule has 12 heavy (non-hydrogen) atoms. The first-order chi connectivity index (χ1) is 5.36. The van der Waals surface area contributed by atoms with Crippen molar-refractivity contribution < 1.29 is 14.7 Å². The smallest absolute Gasteiger partial charge is 0.332 e. The van der Waals surface area contributed by atoms with Crippen molar-refractivity contribution >= 4 is 37.0 Å². The molecule has 0 heterocycles. The molecule has 0 radical (unpaired) electrons. The zero-order chi connectivity index (χ0) is 9.94. The number of carbonyl (C=O) groups is 2. The quantitative estimate of drug-likeness (QED) is 0.375. The molecule has 0 fully saturated rings. The Labute approximate surface area is 81.3 Å². The van der Waals surface area contributed by atoms with Crippen molar-refractivity contribution in [3.05, 3.63) is 0 Å². The third-order valence-electron chi connectivity index (χ3n) is 1.45. The van der Waals surface area contributed by atoms with Crippen LogP contribution in [0.1, 0.15) is 6.92 Å². The van der Waals surface area contributed by atoms with Crippen LogP contribution < -0.4 is 5.73 Å².